The van der Waals surface area contributed by atoms with E-state index in [1.165, 1.54) is 12.1 Å². The number of aromatic nitrogens is 2. The molecule has 2 amide bonds. The number of hydrogen-bond donors (Lipinski definition) is 1. The number of hydrogen-bond acceptors (Lipinski definition) is 7. The number of anilines is 1. The van der Waals surface area contributed by atoms with Crippen LogP contribution in [0.1, 0.15) is 52.3 Å². The molecule has 0 atom stereocenters. The van der Waals surface area contributed by atoms with Crippen molar-refractivity contribution in [2.75, 3.05) is 31.1 Å². The molecule has 0 bridgehead atoms. The summed E-state index contributed by atoms with van der Waals surface area (Å²) in [6.07, 6.45) is 1.42. The number of alkyl halides is 3. The zero-order chi connectivity index (χ0) is 30.0. The Hall–Kier alpha value is -4.61. The molecule has 2 fully saturated rings. The monoisotopic (exact) mass is 593 g/mol. The first-order valence-electron chi connectivity index (χ1n) is 14.2. The number of fused-ring (bicyclic) bond motifs is 1. The molecule has 4 heterocycles. The summed E-state index contributed by atoms with van der Waals surface area (Å²) < 4.78 is 50.5. The fourth-order valence-corrected chi connectivity index (χ4v) is 5.51. The van der Waals surface area contributed by atoms with E-state index in [2.05, 4.69) is 15.3 Å². The van der Waals surface area contributed by atoms with Gasteiger partial charge in [0.15, 0.2) is 5.58 Å². The Balaban J connectivity index is 0.997. The number of halogens is 3. The summed E-state index contributed by atoms with van der Waals surface area (Å²) in [5.41, 5.74) is 1.66. The van der Waals surface area contributed by atoms with Gasteiger partial charge in [0.1, 0.15) is 17.4 Å². The minimum Gasteiger partial charge on any atom is -0.490 e. The van der Waals surface area contributed by atoms with Crippen LogP contribution < -0.4 is 15.0 Å². The standard InChI is InChI=1S/C31H30F3N5O4/c32-31(33,34)21-1-3-23(4-2-21)38-17-11-24(12-18-38)42-25-5-6-26-27(19-25)43-29(37-26)28(40)36-22-9-15-39(16-10-22)30(41)20-7-13-35-14-8-20/h1-8,13-14,19,22,24H,9-12,15-18H2,(H,36,40). The van der Waals surface area contributed by atoms with E-state index in [0.29, 0.717) is 74.3 Å². The van der Waals surface area contributed by atoms with Crippen molar-refractivity contribution in [3.63, 3.8) is 0 Å². The summed E-state index contributed by atoms with van der Waals surface area (Å²) in [7, 11) is 0. The van der Waals surface area contributed by atoms with Crippen LogP contribution in [0.15, 0.2) is 71.4 Å². The second kappa shape index (κ2) is 11.9. The van der Waals surface area contributed by atoms with Crippen LogP contribution in [-0.4, -0.2) is 65.0 Å². The summed E-state index contributed by atoms with van der Waals surface area (Å²) in [5.74, 6) is 0.101. The molecule has 0 aliphatic carbocycles. The van der Waals surface area contributed by atoms with Crippen molar-refractivity contribution in [2.45, 2.75) is 44.0 Å². The molecule has 2 aliphatic rings. The fraction of sp³-hybridized carbons (Fsp3) is 0.355. The Bertz CT molecular complexity index is 1580. The largest absolute Gasteiger partial charge is 0.490 e. The minimum atomic E-state index is -4.35. The number of benzene rings is 2. The van der Waals surface area contributed by atoms with Gasteiger partial charge >= 0.3 is 12.1 Å². The first-order valence-corrected chi connectivity index (χ1v) is 14.2. The zero-order valence-electron chi connectivity index (χ0n) is 23.2. The number of carbonyl (C=O) groups excluding carboxylic acids is 2. The number of piperidine rings is 2. The normalized spacial score (nSPS) is 16.8. The van der Waals surface area contributed by atoms with Gasteiger partial charge in [0.25, 0.3) is 11.8 Å². The van der Waals surface area contributed by atoms with E-state index in [4.69, 9.17) is 9.15 Å². The Morgan fingerprint density at radius 3 is 2.28 bits per heavy atom. The lowest BCUT2D eigenvalue weighted by molar-refractivity contribution is -0.137. The van der Waals surface area contributed by atoms with Gasteiger partial charge in [-0.1, -0.05) is 0 Å². The third-order valence-electron chi connectivity index (χ3n) is 7.90. The lowest BCUT2D eigenvalue weighted by atomic mass is 10.0. The van der Waals surface area contributed by atoms with E-state index in [9.17, 15) is 22.8 Å². The molecule has 2 saturated heterocycles. The van der Waals surface area contributed by atoms with E-state index >= 15 is 0 Å². The number of ether oxygens (including phenoxy) is 1. The third kappa shape index (κ3) is 6.58. The van der Waals surface area contributed by atoms with Gasteiger partial charge in [-0.15, -0.1) is 0 Å². The van der Waals surface area contributed by atoms with Gasteiger partial charge in [-0.3, -0.25) is 14.6 Å². The maximum atomic E-state index is 12.9. The van der Waals surface area contributed by atoms with Crippen LogP contribution in [0.2, 0.25) is 0 Å². The second-order valence-electron chi connectivity index (χ2n) is 10.8. The summed E-state index contributed by atoms with van der Waals surface area (Å²) in [4.78, 5) is 37.6. The first-order chi connectivity index (χ1) is 20.7. The van der Waals surface area contributed by atoms with Crippen LogP contribution in [0, 0.1) is 0 Å². The summed E-state index contributed by atoms with van der Waals surface area (Å²) in [6.45, 7) is 2.37. The molecule has 2 aromatic carbocycles. The van der Waals surface area contributed by atoms with E-state index in [0.717, 1.165) is 17.8 Å². The van der Waals surface area contributed by atoms with Crippen molar-refractivity contribution in [1.29, 1.82) is 0 Å². The van der Waals surface area contributed by atoms with Crippen LogP contribution in [-0.2, 0) is 6.18 Å². The van der Waals surface area contributed by atoms with E-state index in [1.54, 1.807) is 47.6 Å². The molecular formula is C31H30F3N5O4. The first kappa shape index (κ1) is 28.5. The van der Waals surface area contributed by atoms with Crippen molar-refractivity contribution < 1.29 is 31.9 Å². The van der Waals surface area contributed by atoms with Crippen molar-refractivity contribution in [3.05, 3.63) is 84.0 Å². The number of likely N-dealkylation sites (tertiary alicyclic amines) is 1. The number of oxazole rings is 1. The predicted molar refractivity (Wildman–Crippen MR) is 152 cm³/mol. The molecule has 43 heavy (non-hydrogen) atoms. The summed E-state index contributed by atoms with van der Waals surface area (Å²) in [5, 5.41) is 2.97. The maximum absolute atomic E-state index is 12.9. The number of nitrogens with one attached hydrogen (secondary N) is 1. The third-order valence-corrected chi connectivity index (χ3v) is 7.90. The van der Waals surface area contributed by atoms with Crippen molar-refractivity contribution in [1.82, 2.24) is 20.2 Å². The molecule has 0 saturated carbocycles. The Kier molecular flexibility index (Phi) is 7.92. The number of rotatable bonds is 6. The predicted octanol–water partition coefficient (Wildman–Crippen LogP) is 5.32. The van der Waals surface area contributed by atoms with Gasteiger partial charge in [0.2, 0.25) is 0 Å². The topological polar surface area (TPSA) is 101 Å². The average Bonchev–Trinajstić information content (AvgIpc) is 3.45. The SMILES string of the molecule is O=C(NC1CCN(C(=O)c2ccncc2)CC1)c1nc2ccc(OC3CCN(c4ccc(C(F)(F)F)cc4)CC3)cc2o1. The van der Waals surface area contributed by atoms with Crippen LogP contribution >= 0.6 is 0 Å². The molecule has 0 radical (unpaired) electrons. The molecule has 0 unspecified atom stereocenters. The lowest BCUT2D eigenvalue weighted by Gasteiger charge is -2.33. The molecule has 1 N–H and O–H groups in total. The van der Waals surface area contributed by atoms with Crippen LogP contribution in [0.4, 0.5) is 18.9 Å². The number of amides is 2. The molecule has 9 nitrogen and oxygen atoms in total. The Labute approximate surface area is 245 Å². The van der Waals surface area contributed by atoms with Gasteiger partial charge in [-0.2, -0.15) is 13.2 Å². The molecule has 2 aliphatic heterocycles. The number of nitrogens with zero attached hydrogens (tertiary/aromatic N) is 4. The highest BCUT2D eigenvalue weighted by Gasteiger charge is 2.31. The van der Waals surface area contributed by atoms with Gasteiger partial charge in [-0.05, 0) is 61.4 Å². The lowest BCUT2D eigenvalue weighted by Crippen LogP contribution is -2.46. The van der Waals surface area contributed by atoms with Crippen molar-refractivity contribution in [2.24, 2.45) is 0 Å². The quantitative estimate of drug-likeness (QED) is 0.323. The molecule has 12 heteroatoms. The van der Waals surface area contributed by atoms with Gasteiger partial charge in [-0.25, -0.2) is 4.98 Å². The Morgan fingerprint density at radius 2 is 1.60 bits per heavy atom. The zero-order valence-corrected chi connectivity index (χ0v) is 23.2. The highest BCUT2D eigenvalue weighted by Crippen LogP contribution is 2.32. The van der Waals surface area contributed by atoms with E-state index < -0.39 is 17.6 Å². The highest BCUT2D eigenvalue weighted by molar-refractivity contribution is 5.94. The van der Waals surface area contributed by atoms with Gasteiger partial charge in [0, 0.05) is 74.8 Å². The molecule has 0 spiro atoms. The Morgan fingerprint density at radius 1 is 0.907 bits per heavy atom. The van der Waals surface area contributed by atoms with E-state index in [1.807, 2.05) is 4.90 Å². The molecule has 6 rings (SSSR count). The summed E-state index contributed by atoms with van der Waals surface area (Å²) >= 11 is 0. The maximum Gasteiger partial charge on any atom is 0.416 e. The molecule has 2 aromatic heterocycles. The highest BCUT2D eigenvalue weighted by atomic mass is 19.4. The molecule has 4 aromatic rings. The average molecular weight is 594 g/mol. The van der Waals surface area contributed by atoms with Crippen LogP contribution in [0.25, 0.3) is 11.1 Å². The van der Waals surface area contributed by atoms with Crippen molar-refractivity contribution in [3.8, 4) is 5.75 Å². The number of pyridine rings is 1. The van der Waals surface area contributed by atoms with Crippen LogP contribution in [0.3, 0.4) is 0 Å². The minimum absolute atomic E-state index is 0.0349. The van der Waals surface area contributed by atoms with Gasteiger partial charge < -0.3 is 24.3 Å². The molecular weight excluding hydrogens is 563 g/mol. The van der Waals surface area contributed by atoms with E-state index in [-0.39, 0.29) is 23.9 Å². The second-order valence-corrected chi connectivity index (χ2v) is 10.8. The van der Waals surface area contributed by atoms with Crippen molar-refractivity contribution >= 4 is 28.6 Å². The summed E-state index contributed by atoms with van der Waals surface area (Å²) in [6, 6.07) is 13.7. The van der Waals surface area contributed by atoms with Gasteiger partial charge in [0.05, 0.1) is 5.56 Å². The molecule has 224 valence electrons. The van der Waals surface area contributed by atoms with Crippen LogP contribution in [0.5, 0.6) is 5.75 Å². The smallest absolute Gasteiger partial charge is 0.416 e. The number of carbonyl (C=O) groups is 2. The fourth-order valence-electron chi connectivity index (χ4n) is 5.51.